The average Bonchev–Trinajstić information content (AvgIpc) is 3.11. The van der Waals surface area contributed by atoms with Crippen molar-refractivity contribution in [2.75, 3.05) is 31.1 Å². The Balaban J connectivity index is 0.00000320. The molecule has 3 rings (SSSR count). The summed E-state index contributed by atoms with van der Waals surface area (Å²) in [6.07, 6.45) is 0.409. The van der Waals surface area contributed by atoms with Crippen molar-refractivity contribution in [3.8, 4) is 0 Å². The lowest BCUT2D eigenvalue weighted by Gasteiger charge is -2.25. The Morgan fingerprint density at radius 3 is 2.23 bits per heavy atom. The summed E-state index contributed by atoms with van der Waals surface area (Å²) in [6, 6.07) is 12.4. The first-order valence-electron chi connectivity index (χ1n) is 10.4. The third-order valence-corrected chi connectivity index (χ3v) is 6.58. The minimum atomic E-state index is 0. The number of likely N-dealkylation sites (N-methyl/N-ethyl adjacent to an activating group) is 1. The van der Waals surface area contributed by atoms with E-state index in [9.17, 15) is 4.79 Å². The van der Waals surface area contributed by atoms with Gasteiger partial charge in [0, 0.05) is 13.1 Å². The van der Waals surface area contributed by atoms with Crippen LogP contribution in [0, 0.1) is 20.8 Å². The van der Waals surface area contributed by atoms with Gasteiger partial charge in [0.2, 0.25) is 5.91 Å². The molecule has 0 unspecified atom stereocenters. The zero-order valence-corrected chi connectivity index (χ0v) is 20.2. The molecule has 0 aliphatic rings. The number of benzene rings is 2. The molecule has 0 bridgehead atoms. The Hall–Kier alpha value is -1.95. The minimum Gasteiger partial charge on any atom is -0.302 e. The van der Waals surface area contributed by atoms with Gasteiger partial charge in [-0.3, -0.25) is 9.69 Å². The molecule has 30 heavy (non-hydrogen) atoms. The zero-order chi connectivity index (χ0) is 21.0. The predicted octanol–water partition coefficient (Wildman–Crippen LogP) is 5.56. The first kappa shape index (κ1) is 24.3. The number of carbonyl (C=O) groups excluding carboxylic acids is 1. The number of halogens is 1. The third-order valence-electron chi connectivity index (χ3n) is 5.52. The molecule has 2 aromatic carbocycles. The molecule has 3 aromatic rings. The molecular formula is C24H32ClN3OS. The predicted molar refractivity (Wildman–Crippen MR) is 131 cm³/mol. The van der Waals surface area contributed by atoms with Crippen LogP contribution in [0.5, 0.6) is 0 Å². The summed E-state index contributed by atoms with van der Waals surface area (Å²) in [5, 5.41) is 0.797. The summed E-state index contributed by atoms with van der Waals surface area (Å²) in [5.41, 5.74) is 5.69. The first-order chi connectivity index (χ1) is 13.9. The van der Waals surface area contributed by atoms with Gasteiger partial charge in [0.15, 0.2) is 5.13 Å². The van der Waals surface area contributed by atoms with Crippen molar-refractivity contribution >= 4 is 45.0 Å². The molecule has 0 N–H and O–H groups in total. The Morgan fingerprint density at radius 2 is 1.63 bits per heavy atom. The van der Waals surface area contributed by atoms with Gasteiger partial charge in [-0.2, -0.15) is 0 Å². The minimum absolute atomic E-state index is 0. The number of anilines is 1. The number of carbonyl (C=O) groups is 1. The maximum Gasteiger partial charge on any atom is 0.233 e. The number of aryl methyl sites for hydroxylation is 3. The van der Waals surface area contributed by atoms with Crippen LogP contribution in [0.2, 0.25) is 0 Å². The molecule has 0 aliphatic carbocycles. The van der Waals surface area contributed by atoms with E-state index in [4.69, 9.17) is 4.98 Å². The van der Waals surface area contributed by atoms with E-state index in [0.29, 0.717) is 13.0 Å². The maximum absolute atomic E-state index is 13.4. The van der Waals surface area contributed by atoms with Gasteiger partial charge in [0.05, 0.1) is 16.6 Å². The number of hydrogen-bond acceptors (Lipinski definition) is 4. The molecule has 1 amide bonds. The number of thiazole rings is 1. The highest BCUT2D eigenvalue weighted by Gasteiger charge is 2.22. The summed E-state index contributed by atoms with van der Waals surface area (Å²) in [5.74, 6) is 0.117. The smallest absolute Gasteiger partial charge is 0.233 e. The molecule has 0 fully saturated rings. The molecule has 0 atom stereocenters. The van der Waals surface area contributed by atoms with Crippen LogP contribution in [-0.2, 0) is 11.2 Å². The van der Waals surface area contributed by atoms with E-state index in [0.717, 1.165) is 40.5 Å². The van der Waals surface area contributed by atoms with Crippen molar-refractivity contribution in [3.63, 3.8) is 0 Å². The number of hydrogen-bond donors (Lipinski definition) is 0. The van der Waals surface area contributed by atoms with Crippen LogP contribution in [-0.4, -0.2) is 42.0 Å². The van der Waals surface area contributed by atoms with Crippen molar-refractivity contribution in [2.45, 2.75) is 41.0 Å². The fourth-order valence-electron chi connectivity index (χ4n) is 3.82. The van der Waals surface area contributed by atoms with Crippen LogP contribution < -0.4 is 4.90 Å². The van der Waals surface area contributed by atoms with Crippen LogP contribution in [0.15, 0.2) is 36.4 Å². The molecule has 1 aromatic heterocycles. The van der Waals surface area contributed by atoms with Crippen LogP contribution in [0.25, 0.3) is 10.2 Å². The van der Waals surface area contributed by atoms with Crippen LogP contribution in [0.3, 0.4) is 0 Å². The number of rotatable bonds is 8. The normalized spacial score (nSPS) is 11.0. The second kappa shape index (κ2) is 10.9. The van der Waals surface area contributed by atoms with Crippen LogP contribution in [0.1, 0.15) is 36.1 Å². The van der Waals surface area contributed by atoms with Crippen molar-refractivity contribution in [2.24, 2.45) is 0 Å². The van der Waals surface area contributed by atoms with E-state index in [-0.39, 0.29) is 18.3 Å². The lowest BCUT2D eigenvalue weighted by Crippen LogP contribution is -2.39. The summed E-state index contributed by atoms with van der Waals surface area (Å²) >= 11 is 1.60. The van der Waals surface area contributed by atoms with Crippen LogP contribution in [0.4, 0.5) is 5.13 Å². The third kappa shape index (κ3) is 5.60. The fourth-order valence-corrected chi connectivity index (χ4v) is 4.83. The maximum atomic E-state index is 13.4. The number of aromatic nitrogens is 1. The van der Waals surface area contributed by atoms with Gasteiger partial charge in [0.1, 0.15) is 0 Å². The van der Waals surface area contributed by atoms with Crippen LogP contribution >= 0.6 is 23.7 Å². The second-order valence-corrected chi connectivity index (χ2v) is 8.60. The lowest BCUT2D eigenvalue weighted by molar-refractivity contribution is -0.118. The Morgan fingerprint density at radius 1 is 1.00 bits per heavy atom. The summed E-state index contributed by atoms with van der Waals surface area (Å²) < 4.78 is 1.12. The van der Waals surface area contributed by atoms with E-state index < -0.39 is 0 Å². The van der Waals surface area contributed by atoms with Gasteiger partial charge in [-0.1, -0.05) is 55.0 Å². The first-order valence-corrected chi connectivity index (χ1v) is 11.2. The molecule has 4 nitrogen and oxygen atoms in total. The van der Waals surface area contributed by atoms with Gasteiger partial charge in [-0.15, -0.1) is 12.4 Å². The largest absolute Gasteiger partial charge is 0.302 e. The molecular weight excluding hydrogens is 414 g/mol. The standard InChI is InChI=1S/C24H31N3OS.ClH/c1-6-26(7-2)12-13-27(24-25-21-10-8-9-11-22(21)29-24)23(28)16-20-18(4)14-17(3)15-19(20)5;/h8-11,14-15H,6-7,12-13,16H2,1-5H3;1H. The second-order valence-electron chi connectivity index (χ2n) is 7.59. The van der Waals surface area contributed by atoms with E-state index in [1.807, 2.05) is 23.1 Å². The summed E-state index contributed by atoms with van der Waals surface area (Å²) in [4.78, 5) is 22.4. The van der Waals surface area contributed by atoms with Crippen molar-refractivity contribution in [1.29, 1.82) is 0 Å². The Bertz CT molecular complexity index is 941. The van der Waals surface area contributed by atoms with Gasteiger partial charge in [0.25, 0.3) is 0 Å². The van der Waals surface area contributed by atoms with E-state index in [1.165, 1.54) is 16.7 Å². The van der Waals surface area contributed by atoms with Crippen molar-refractivity contribution < 1.29 is 4.79 Å². The molecule has 0 saturated heterocycles. The topological polar surface area (TPSA) is 36.4 Å². The summed E-state index contributed by atoms with van der Waals surface area (Å²) in [7, 11) is 0. The van der Waals surface area contributed by atoms with E-state index in [1.54, 1.807) is 11.3 Å². The fraction of sp³-hybridized carbons (Fsp3) is 0.417. The zero-order valence-electron chi connectivity index (χ0n) is 18.6. The van der Waals surface area contributed by atoms with Gasteiger partial charge in [-0.25, -0.2) is 4.98 Å². The molecule has 6 heteroatoms. The quantitative estimate of drug-likeness (QED) is 0.455. The molecule has 162 valence electrons. The van der Waals surface area contributed by atoms with Gasteiger partial charge < -0.3 is 4.90 Å². The molecule has 1 heterocycles. The Labute approximate surface area is 190 Å². The highest BCUT2D eigenvalue weighted by molar-refractivity contribution is 7.22. The molecule has 0 saturated carbocycles. The van der Waals surface area contributed by atoms with E-state index in [2.05, 4.69) is 57.7 Å². The molecule has 0 radical (unpaired) electrons. The van der Waals surface area contributed by atoms with Crippen molar-refractivity contribution in [3.05, 3.63) is 58.7 Å². The number of amides is 1. The highest BCUT2D eigenvalue weighted by atomic mass is 35.5. The average molecular weight is 446 g/mol. The van der Waals surface area contributed by atoms with Gasteiger partial charge >= 0.3 is 0 Å². The SMILES string of the molecule is CCN(CC)CCN(C(=O)Cc1c(C)cc(C)cc1C)c1nc2ccccc2s1.Cl. The van der Waals surface area contributed by atoms with Crippen molar-refractivity contribution in [1.82, 2.24) is 9.88 Å². The molecule has 0 spiro atoms. The Kier molecular flexibility index (Phi) is 8.83. The molecule has 0 aliphatic heterocycles. The van der Waals surface area contributed by atoms with E-state index >= 15 is 0 Å². The highest BCUT2D eigenvalue weighted by Crippen LogP contribution is 2.29. The van der Waals surface area contributed by atoms with Gasteiger partial charge in [-0.05, 0) is 62.7 Å². The monoisotopic (exact) mass is 445 g/mol. The number of fused-ring (bicyclic) bond motifs is 1. The lowest BCUT2D eigenvalue weighted by atomic mass is 9.97. The summed E-state index contributed by atoms with van der Waals surface area (Å²) in [6.45, 7) is 14.1. The number of nitrogens with zero attached hydrogens (tertiary/aromatic N) is 3. The number of para-hydroxylation sites is 1.